The molecule has 5 rings (SSSR count). The van der Waals surface area contributed by atoms with Crippen LogP contribution < -0.4 is 0 Å². The van der Waals surface area contributed by atoms with Gasteiger partial charge in [0.05, 0.1) is 17.8 Å². The van der Waals surface area contributed by atoms with Gasteiger partial charge >= 0.3 is 0 Å². The maximum absolute atomic E-state index is 13.1. The molecule has 0 saturated heterocycles. The van der Waals surface area contributed by atoms with Crippen molar-refractivity contribution < 1.29 is 9.18 Å². The second kappa shape index (κ2) is 8.11. The van der Waals surface area contributed by atoms with E-state index in [9.17, 15) is 9.18 Å². The minimum atomic E-state index is -0.267. The zero-order chi connectivity index (χ0) is 22.2. The Labute approximate surface area is 185 Å². The maximum atomic E-state index is 13.1. The highest BCUT2D eigenvalue weighted by atomic mass is 19.1. The highest BCUT2D eigenvalue weighted by molar-refractivity contribution is 6.16. The standard InChI is InChI=1S/C26H23FN4O/c1-16(17-3-6-21(27)7-4-17)9-23(32)12-22-11-19-13-29-26(24(19)14-28-22)18-5-8-25-20(10-18)15-31(2)30-25/h3-8,10-11,14-16H,9,12-13H2,1-2H3/t16-/m0/s1. The Morgan fingerprint density at radius 2 is 1.97 bits per heavy atom. The van der Waals surface area contributed by atoms with Gasteiger partial charge < -0.3 is 0 Å². The molecular weight excluding hydrogens is 403 g/mol. The van der Waals surface area contributed by atoms with Crippen LogP contribution in [0.4, 0.5) is 4.39 Å². The van der Waals surface area contributed by atoms with Crippen LogP contribution in [0.3, 0.4) is 0 Å². The van der Waals surface area contributed by atoms with Crippen LogP contribution in [0.1, 0.15) is 47.2 Å². The summed E-state index contributed by atoms with van der Waals surface area (Å²) in [4.78, 5) is 21.9. The van der Waals surface area contributed by atoms with Crippen LogP contribution in [0.2, 0.25) is 0 Å². The topological polar surface area (TPSA) is 60.1 Å². The molecule has 2 aromatic heterocycles. The van der Waals surface area contributed by atoms with Crippen molar-refractivity contribution in [2.45, 2.75) is 32.2 Å². The molecule has 2 aromatic carbocycles. The molecule has 0 radical (unpaired) electrons. The number of pyridine rings is 1. The van der Waals surface area contributed by atoms with Crippen molar-refractivity contribution in [3.8, 4) is 0 Å². The molecule has 160 valence electrons. The Bertz CT molecular complexity index is 1350. The molecule has 0 amide bonds. The number of carbonyl (C=O) groups excluding carboxylic acids is 1. The molecule has 0 N–H and O–H groups in total. The molecule has 1 aliphatic heterocycles. The number of hydrogen-bond acceptors (Lipinski definition) is 4. The molecule has 0 fully saturated rings. The number of aromatic nitrogens is 3. The zero-order valence-corrected chi connectivity index (χ0v) is 18.0. The first-order valence-electron chi connectivity index (χ1n) is 10.7. The molecule has 32 heavy (non-hydrogen) atoms. The fraction of sp³-hybridized carbons (Fsp3) is 0.231. The summed E-state index contributed by atoms with van der Waals surface area (Å²) in [6, 6.07) is 14.5. The fourth-order valence-electron chi connectivity index (χ4n) is 4.30. The molecule has 0 unspecified atom stereocenters. The van der Waals surface area contributed by atoms with Gasteiger partial charge in [-0.25, -0.2) is 4.39 Å². The SMILES string of the molecule is C[C@@H](CC(=O)Cc1cc2c(cn1)C(c1ccc3nn(C)cc3c1)=NC2)c1ccc(F)cc1. The number of ketones is 1. The molecule has 5 nitrogen and oxygen atoms in total. The summed E-state index contributed by atoms with van der Waals surface area (Å²) in [7, 11) is 1.91. The van der Waals surface area contributed by atoms with Crippen LogP contribution in [0.25, 0.3) is 10.9 Å². The number of aliphatic imine (C=N–C) groups is 1. The number of aryl methyl sites for hydroxylation is 1. The van der Waals surface area contributed by atoms with E-state index in [1.807, 2.05) is 44.6 Å². The van der Waals surface area contributed by atoms with Gasteiger partial charge in [-0.2, -0.15) is 5.10 Å². The van der Waals surface area contributed by atoms with Crippen molar-refractivity contribution in [3.63, 3.8) is 0 Å². The predicted octanol–water partition coefficient (Wildman–Crippen LogP) is 4.76. The smallest absolute Gasteiger partial charge is 0.139 e. The van der Waals surface area contributed by atoms with Crippen molar-refractivity contribution in [3.05, 3.63) is 94.7 Å². The summed E-state index contributed by atoms with van der Waals surface area (Å²) in [5.74, 6) is -0.109. The minimum absolute atomic E-state index is 0.0369. The number of fused-ring (bicyclic) bond motifs is 2. The van der Waals surface area contributed by atoms with Crippen molar-refractivity contribution in [1.82, 2.24) is 14.8 Å². The van der Waals surface area contributed by atoms with Gasteiger partial charge in [0.25, 0.3) is 0 Å². The molecule has 0 bridgehead atoms. The van der Waals surface area contributed by atoms with Gasteiger partial charge in [0.1, 0.15) is 11.6 Å². The molecule has 1 atom stereocenters. The largest absolute Gasteiger partial charge is 0.299 e. The second-order valence-corrected chi connectivity index (χ2v) is 8.45. The first kappa shape index (κ1) is 20.2. The molecule has 0 aliphatic carbocycles. The van der Waals surface area contributed by atoms with Crippen molar-refractivity contribution in [2.24, 2.45) is 12.0 Å². The van der Waals surface area contributed by atoms with Crippen molar-refractivity contribution in [2.75, 3.05) is 0 Å². The van der Waals surface area contributed by atoms with Crippen molar-refractivity contribution in [1.29, 1.82) is 0 Å². The lowest BCUT2D eigenvalue weighted by Gasteiger charge is -2.11. The van der Waals surface area contributed by atoms with Crippen LogP contribution in [-0.2, 0) is 24.8 Å². The summed E-state index contributed by atoms with van der Waals surface area (Å²) in [6.45, 7) is 2.58. The highest BCUT2D eigenvalue weighted by Crippen LogP contribution is 2.26. The van der Waals surface area contributed by atoms with Crippen molar-refractivity contribution >= 4 is 22.4 Å². The third-order valence-corrected chi connectivity index (χ3v) is 5.95. The number of Topliss-reactive ketones (excluding diaryl/α,β-unsaturated/α-hetero) is 1. The first-order valence-corrected chi connectivity index (χ1v) is 10.7. The summed E-state index contributed by atoms with van der Waals surface area (Å²) >= 11 is 0. The third-order valence-electron chi connectivity index (χ3n) is 5.95. The zero-order valence-electron chi connectivity index (χ0n) is 18.0. The summed E-state index contributed by atoms with van der Waals surface area (Å²) in [6.07, 6.45) is 4.52. The summed E-state index contributed by atoms with van der Waals surface area (Å²) in [5.41, 5.74) is 6.77. The Kier molecular flexibility index (Phi) is 5.13. The Balaban J connectivity index is 1.29. The summed E-state index contributed by atoms with van der Waals surface area (Å²) < 4.78 is 14.9. The molecule has 3 heterocycles. The lowest BCUT2D eigenvalue weighted by atomic mass is 9.94. The van der Waals surface area contributed by atoms with Gasteiger partial charge in [0.2, 0.25) is 0 Å². The number of rotatable bonds is 6. The Hall–Kier alpha value is -3.67. The van der Waals surface area contributed by atoms with Crippen LogP contribution in [0.15, 0.2) is 65.9 Å². The summed E-state index contributed by atoms with van der Waals surface area (Å²) in [5, 5.41) is 5.50. The minimum Gasteiger partial charge on any atom is -0.299 e. The number of halogens is 1. The van der Waals surface area contributed by atoms with Gasteiger partial charge in [0, 0.05) is 54.5 Å². The number of hydrogen-bond donors (Lipinski definition) is 0. The number of nitrogens with zero attached hydrogens (tertiary/aromatic N) is 4. The van der Waals surface area contributed by atoms with E-state index in [1.165, 1.54) is 12.1 Å². The van der Waals surface area contributed by atoms with E-state index in [2.05, 4.69) is 16.1 Å². The van der Waals surface area contributed by atoms with Crippen LogP contribution >= 0.6 is 0 Å². The first-order chi connectivity index (χ1) is 15.5. The number of carbonyl (C=O) groups is 1. The van der Waals surface area contributed by atoms with E-state index in [0.29, 0.717) is 13.0 Å². The second-order valence-electron chi connectivity index (χ2n) is 8.45. The van der Waals surface area contributed by atoms with Crippen LogP contribution in [-0.4, -0.2) is 26.3 Å². The maximum Gasteiger partial charge on any atom is 0.139 e. The van der Waals surface area contributed by atoms with Crippen LogP contribution in [0.5, 0.6) is 0 Å². The van der Waals surface area contributed by atoms with E-state index in [0.717, 1.165) is 44.6 Å². The van der Waals surface area contributed by atoms with Gasteiger partial charge in [-0.1, -0.05) is 25.1 Å². The molecule has 0 spiro atoms. The normalized spacial score (nSPS) is 13.8. The molecule has 0 saturated carbocycles. The molecule has 6 heteroatoms. The average Bonchev–Trinajstić information content (AvgIpc) is 3.35. The predicted molar refractivity (Wildman–Crippen MR) is 122 cm³/mol. The third kappa shape index (κ3) is 3.96. The Morgan fingerprint density at radius 3 is 2.78 bits per heavy atom. The van der Waals surface area contributed by atoms with E-state index >= 15 is 0 Å². The molecule has 1 aliphatic rings. The van der Waals surface area contributed by atoms with E-state index in [4.69, 9.17) is 4.99 Å². The van der Waals surface area contributed by atoms with Gasteiger partial charge in [-0.3, -0.25) is 19.5 Å². The quantitative estimate of drug-likeness (QED) is 0.446. The van der Waals surface area contributed by atoms with Gasteiger partial charge in [0.15, 0.2) is 0 Å². The number of benzene rings is 2. The van der Waals surface area contributed by atoms with Gasteiger partial charge in [-0.15, -0.1) is 0 Å². The van der Waals surface area contributed by atoms with Crippen LogP contribution in [0, 0.1) is 5.82 Å². The lowest BCUT2D eigenvalue weighted by molar-refractivity contribution is -0.118. The fourth-order valence-corrected chi connectivity index (χ4v) is 4.30. The molecular formula is C26H23FN4O. The van der Waals surface area contributed by atoms with E-state index < -0.39 is 0 Å². The lowest BCUT2D eigenvalue weighted by Crippen LogP contribution is -2.10. The monoisotopic (exact) mass is 426 g/mol. The average molecular weight is 426 g/mol. The highest BCUT2D eigenvalue weighted by Gasteiger charge is 2.20. The van der Waals surface area contributed by atoms with E-state index in [1.54, 1.807) is 16.8 Å². The van der Waals surface area contributed by atoms with Gasteiger partial charge in [-0.05, 0) is 47.4 Å². The molecule has 4 aromatic rings. The van der Waals surface area contributed by atoms with E-state index in [-0.39, 0.29) is 23.9 Å². The Morgan fingerprint density at radius 1 is 1.16 bits per heavy atom.